The molecule has 170 valence electrons. The van der Waals surface area contributed by atoms with Crippen LogP contribution < -0.4 is 9.80 Å². The van der Waals surface area contributed by atoms with E-state index in [0.29, 0.717) is 42.7 Å². The predicted octanol–water partition coefficient (Wildman–Crippen LogP) is 2.01. The molecule has 0 spiro atoms. The zero-order valence-electron chi connectivity index (χ0n) is 19.0. The van der Waals surface area contributed by atoms with E-state index in [2.05, 4.69) is 20.5 Å². The van der Waals surface area contributed by atoms with Crippen molar-refractivity contribution in [2.24, 2.45) is 0 Å². The lowest BCUT2D eigenvalue weighted by molar-refractivity contribution is -0.130. The second-order valence-corrected chi connectivity index (χ2v) is 8.59. The molecule has 2 aromatic heterocycles. The molecule has 0 aliphatic carbocycles. The molecule has 5 rings (SSSR count). The van der Waals surface area contributed by atoms with Crippen molar-refractivity contribution >= 4 is 23.3 Å². The van der Waals surface area contributed by atoms with Crippen LogP contribution in [0.5, 0.6) is 0 Å². The standard InChI is InChI=1S/C23H26N8O2/c1-4-28-10-11-29(14-21(28)32)17-9-8-16-13-30(23(33)18(16)12-17)19-6-5-7-20(24-19)31-22(15(2)3)25-26-27-31/h5-9,12,15H,4,10-11,13-14H2,1-3H3. The molecule has 0 atom stereocenters. The number of likely N-dealkylation sites (N-methyl/N-ethyl adjacent to an activating group) is 1. The number of nitrogens with zero attached hydrogens (tertiary/aromatic N) is 8. The molecule has 10 heteroatoms. The van der Waals surface area contributed by atoms with Gasteiger partial charge in [-0.25, -0.2) is 4.98 Å². The van der Waals surface area contributed by atoms with Crippen LogP contribution in [0, 0.1) is 0 Å². The van der Waals surface area contributed by atoms with Crippen LogP contribution in [0.25, 0.3) is 5.82 Å². The van der Waals surface area contributed by atoms with Crippen molar-refractivity contribution in [1.29, 1.82) is 0 Å². The monoisotopic (exact) mass is 446 g/mol. The number of hydrogen-bond acceptors (Lipinski definition) is 7. The Morgan fingerprint density at radius 1 is 1.03 bits per heavy atom. The van der Waals surface area contributed by atoms with Gasteiger partial charge in [0.15, 0.2) is 11.6 Å². The van der Waals surface area contributed by atoms with E-state index in [1.165, 1.54) is 0 Å². The van der Waals surface area contributed by atoms with Gasteiger partial charge in [-0.1, -0.05) is 26.0 Å². The van der Waals surface area contributed by atoms with Crippen LogP contribution in [0.1, 0.15) is 48.4 Å². The van der Waals surface area contributed by atoms with E-state index in [9.17, 15) is 9.59 Å². The second-order valence-electron chi connectivity index (χ2n) is 8.59. The zero-order valence-corrected chi connectivity index (χ0v) is 19.0. The number of pyridine rings is 1. The average molecular weight is 447 g/mol. The summed E-state index contributed by atoms with van der Waals surface area (Å²) in [5.74, 6) is 1.97. The molecule has 1 aromatic carbocycles. The number of fused-ring (bicyclic) bond motifs is 1. The molecular formula is C23H26N8O2. The van der Waals surface area contributed by atoms with E-state index < -0.39 is 0 Å². The van der Waals surface area contributed by atoms with Crippen LogP contribution in [-0.2, 0) is 11.3 Å². The van der Waals surface area contributed by atoms with Gasteiger partial charge in [-0.05, 0) is 47.2 Å². The van der Waals surface area contributed by atoms with E-state index >= 15 is 0 Å². The molecular weight excluding hydrogens is 420 g/mol. The Bertz CT molecular complexity index is 1220. The van der Waals surface area contributed by atoms with E-state index in [-0.39, 0.29) is 17.7 Å². The van der Waals surface area contributed by atoms with Crippen molar-refractivity contribution in [3.8, 4) is 5.82 Å². The number of carbonyl (C=O) groups is 2. The minimum Gasteiger partial charge on any atom is -0.360 e. The summed E-state index contributed by atoms with van der Waals surface area (Å²) in [5.41, 5.74) is 2.49. The SMILES string of the molecule is CCN1CCN(c2ccc3c(c2)C(=O)N(c2cccc(-n4nnnc4C(C)C)n2)C3)CC1=O. The third kappa shape index (κ3) is 3.71. The third-order valence-corrected chi connectivity index (χ3v) is 6.19. The molecule has 2 aliphatic rings. The molecule has 2 amide bonds. The Kier molecular flexibility index (Phi) is 5.27. The molecule has 2 aliphatic heterocycles. The molecule has 3 aromatic rings. The topological polar surface area (TPSA) is 100 Å². The molecule has 1 saturated heterocycles. The number of benzene rings is 1. The number of carbonyl (C=O) groups excluding carboxylic acids is 2. The van der Waals surface area contributed by atoms with Gasteiger partial charge in [-0.3, -0.25) is 14.5 Å². The number of rotatable bonds is 5. The molecule has 4 heterocycles. The Morgan fingerprint density at radius 3 is 2.61 bits per heavy atom. The van der Waals surface area contributed by atoms with Crippen molar-refractivity contribution in [2.45, 2.75) is 33.2 Å². The fraction of sp³-hybridized carbons (Fsp3) is 0.391. The maximum atomic E-state index is 13.3. The highest BCUT2D eigenvalue weighted by molar-refractivity contribution is 6.10. The summed E-state index contributed by atoms with van der Waals surface area (Å²) in [6, 6.07) is 11.4. The maximum absolute atomic E-state index is 13.3. The third-order valence-electron chi connectivity index (χ3n) is 6.19. The number of hydrogen-bond donors (Lipinski definition) is 0. The van der Waals surface area contributed by atoms with Gasteiger partial charge in [-0.2, -0.15) is 4.68 Å². The number of amides is 2. The lowest BCUT2D eigenvalue weighted by Crippen LogP contribution is -2.50. The van der Waals surface area contributed by atoms with Gasteiger partial charge in [0.1, 0.15) is 5.82 Å². The van der Waals surface area contributed by atoms with Gasteiger partial charge in [-0.15, -0.1) is 5.10 Å². The minimum absolute atomic E-state index is 0.101. The van der Waals surface area contributed by atoms with Crippen molar-refractivity contribution in [3.05, 3.63) is 53.3 Å². The van der Waals surface area contributed by atoms with Gasteiger partial charge in [0.2, 0.25) is 5.91 Å². The summed E-state index contributed by atoms with van der Waals surface area (Å²) in [6.07, 6.45) is 0. The van der Waals surface area contributed by atoms with Gasteiger partial charge >= 0.3 is 0 Å². The summed E-state index contributed by atoms with van der Waals surface area (Å²) < 4.78 is 1.60. The van der Waals surface area contributed by atoms with Crippen LogP contribution >= 0.6 is 0 Å². The van der Waals surface area contributed by atoms with Crippen LogP contribution in [0.2, 0.25) is 0 Å². The van der Waals surface area contributed by atoms with Gasteiger partial charge < -0.3 is 9.80 Å². The minimum atomic E-state index is -0.101. The first kappa shape index (κ1) is 21.0. The summed E-state index contributed by atoms with van der Waals surface area (Å²) in [7, 11) is 0. The Labute approximate surface area is 191 Å². The van der Waals surface area contributed by atoms with Gasteiger partial charge in [0.25, 0.3) is 5.91 Å². The van der Waals surface area contributed by atoms with Crippen molar-refractivity contribution < 1.29 is 9.59 Å². The maximum Gasteiger partial charge on any atom is 0.260 e. The number of piperazine rings is 1. The Morgan fingerprint density at radius 2 is 1.85 bits per heavy atom. The lowest BCUT2D eigenvalue weighted by atomic mass is 10.1. The molecule has 33 heavy (non-hydrogen) atoms. The number of tetrazole rings is 1. The number of aromatic nitrogens is 5. The smallest absolute Gasteiger partial charge is 0.260 e. The Hall–Kier alpha value is -3.82. The summed E-state index contributed by atoms with van der Waals surface area (Å²) in [4.78, 5) is 35.9. The first-order valence-corrected chi connectivity index (χ1v) is 11.2. The summed E-state index contributed by atoms with van der Waals surface area (Å²) in [6.45, 7) is 8.96. The van der Waals surface area contributed by atoms with Crippen LogP contribution in [0.4, 0.5) is 11.5 Å². The number of anilines is 2. The van der Waals surface area contributed by atoms with Crippen molar-refractivity contribution in [3.63, 3.8) is 0 Å². The molecule has 0 radical (unpaired) electrons. The summed E-state index contributed by atoms with van der Waals surface area (Å²) in [5, 5.41) is 11.9. The molecule has 10 nitrogen and oxygen atoms in total. The van der Waals surface area contributed by atoms with E-state index in [0.717, 1.165) is 24.3 Å². The molecule has 0 N–H and O–H groups in total. The lowest BCUT2D eigenvalue weighted by Gasteiger charge is -2.35. The van der Waals surface area contributed by atoms with E-state index in [4.69, 9.17) is 0 Å². The van der Waals surface area contributed by atoms with Crippen molar-refractivity contribution in [1.82, 2.24) is 30.1 Å². The fourth-order valence-corrected chi connectivity index (χ4v) is 4.33. The molecule has 0 unspecified atom stereocenters. The van der Waals surface area contributed by atoms with E-state index in [1.807, 2.05) is 67.0 Å². The predicted molar refractivity (Wildman–Crippen MR) is 122 cm³/mol. The largest absolute Gasteiger partial charge is 0.360 e. The zero-order chi connectivity index (χ0) is 23.1. The highest BCUT2D eigenvalue weighted by Gasteiger charge is 2.31. The molecule has 0 bridgehead atoms. The highest BCUT2D eigenvalue weighted by Crippen LogP contribution is 2.31. The Balaban J connectivity index is 1.40. The first-order valence-electron chi connectivity index (χ1n) is 11.2. The second kappa shape index (κ2) is 8.27. The normalized spacial score (nSPS) is 16.2. The molecule has 0 saturated carbocycles. The van der Waals surface area contributed by atoms with Gasteiger partial charge in [0, 0.05) is 36.8 Å². The highest BCUT2D eigenvalue weighted by atomic mass is 16.2. The first-order chi connectivity index (χ1) is 16.0. The van der Waals surface area contributed by atoms with E-state index in [1.54, 1.807) is 9.58 Å². The fourth-order valence-electron chi connectivity index (χ4n) is 4.33. The quantitative estimate of drug-likeness (QED) is 0.591. The summed E-state index contributed by atoms with van der Waals surface area (Å²) >= 11 is 0. The van der Waals surface area contributed by atoms with Gasteiger partial charge in [0.05, 0.1) is 13.1 Å². The van der Waals surface area contributed by atoms with Crippen LogP contribution in [-0.4, -0.2) is 68.1 Å². The average Bonchev–Trinajstić information content (AvgIpc) is 3.44. The van der Waals surface area contributed by atoms with Crippen molar-refractivity contribution in [2.75, 3.05) is 36.0 Å². The van der Waals surface area contributed by atoms with Crippen LogP contribution in [0.15, 0.2) is 36.4 Å². The molecule has 1 fully saturated rings. The van der Waals surface area contributed by atoms with Crippen LogP contribution in [0.3, 0.4) is 0 Å².